The van der Waals surface area contributed by atoms with Crippen molar-refractivity contribution in [1.82, 2.24) is 5.06 Å². The second-order valence-corrected chi connectivity index (χ2v) is 5.86. The molecule has 2 aromatic carbocycles. The molecule has 0 aliphatic heterocycles. The molecule has 0 atom stereocenters. The van der Waals surface area contributed by atoms with E-state index in [0.29, 0.717) is 6.04 Å². The highest BCUT2D eigenvalue weighted by Gasteiger charge is 2.20. The Kier molecular flexibility index (Phi) is 3.93. The number of hydroxylamine groups is 2. The second kappa shape index (κ2) is 5.84. The highest BCUT2D eigenvalue weighted by molar-refractivity contribution is 5.90. The van der Waals surface area contributed by atoms with Crippen LogP contribution in [0, 0.1) is 6.92 Å². The van der Waals surface area contributed by atoms with E-state index in [1.165, 1.54) is 48.4 Å². The molecule has 1 aliphatic carbocycles. The van der Waals surface area contributed by atoms with Crippen molar-refractivity contribution in [2.75, 3.05) is 7.05 Å². The van der Waals surface area contributed by atoms with E-state index in [0.717, 1.165) is 5.75 Å². The third kappa shape index (κ3) is 2.66. The molecule has 106 valence electrons. The lowest BCUT2D eigenvalue weighted by Crippen LogP contribution is -2.36. The standard InChI is InChI=1S/C18H23NO/c1-14-8-6-12-17-16(14)11-7-13-18(17)20-19(2)15-9-4-3-5-10-15/h6-8,11-13,15H,3-5,9-10H2,1-2H3. The first kappa shape index (κ1) is 13.4. The monoisotopic (exact) mass is 269 g/mol. The van der Waals surface area contributed by atoms with Crippen LogP contribution in [-0.2, 0) is 0 Å². The van der Waals surface area contributed by atoms with Crippen molar-refractivity contribution in [3.8, 4) is 5.75 Å². The summed E-state index contributed by atoms with van der Waals surface area (Å²) in [6.45, 7) is 2.15. The molecule has 20 heavy (non-hydrogen) atoms. The van der Waals surface area contributed by atoms with E-state index in [1.54, 1.807) is 0 Å². The first-order valence-corrected chi connectivity index (χ1v) is 7.65. The van der Waals surface area contributed by atoms with Crippen LogP contribution in [0.25, 0.3) is 10.8 Å². The van der Waals surface area contributed by atoms with E-state index < -0.39 is 0 Å². The number of benzene rings is 2. The molecule has 2 aromatic rings. The van der Waals surface area contributed by atoms with E-state index in [9.17, 15) is 0 Å². The van der Waals surface area contributed by atoms with E-state index >= 15 is 0 Å². The summed E-state index contributed by atoms with van der Waals surface area (Å²) in [7, 11) is 2.07. The number of aryl methyl sites for hydroxylation is 1. The molecule has 0 spiro atoms. The van der Waals surface area contributed by atoms with Gasteiger partial charge in [-0.2, -0.15) is 0 Å². The Morgan fingerprint density at radius 1 is 0.950 bits per heavy atom. The fourth-order valence-electron chi connectivity index (χ4n) is 3.19. The quantitative estimate of drug-likeness (QED) is 0.748. The van der Waals surface area contributed by atoms with Gasteiger partial charge in [0.1, 0.15) is 0 Å². The number of hydrogen-bond donors (Lipinski definition) is 0. The summed E-state index contributed by atoms with van der Waals surface area (Å²) in [5, 5.41) is 4.55. The van der Waals surface area contributed by atoms with Crippen LogP contribution in [0.2, 0.25) is 0 Å². The van der Waals surface area contributed by atoms with E-state index in [4.69, 9.17) is 4.84 Å². The van der Waals surface area contributed by atoms with Crippen LogP contribution in [0.5, 0.6) is 5.75 Å². The zero-order valence-electron chi connectivity index (χ0n) is 12.4. The molecule has 2 heteroatoms. The lowest BCUT2D eigenvalue weighted by Gasteiger charge is -2.30. The molecule has 0 N–H and O–H groups in total. The third-order valence-corrected chi connectivity index (χ3v) is 4.43. The molecule has 2 nitrogen and oxygen atoms in total. The molecule has 1 fully saturated rings. The van der Waals surface area contributed by atoms with Gasteiger partial charge in [-0.25, -0.2) is 0 Å². The maximum absolute atomic E-state index is 6.16. The summed E-state index contributed by atoms with van der Waals surface area (Å²) < 4.78 is 0. The number of hydrogen-bond acceptors (Lipinski definition) is 2. The normalized spacial score (nSPS) is 16.8. The van der Waals surface area contributed by atoms with Crippen molar-refractivity contribution in [1.29, 1.82) is 0 Å². The summed E-state index contributed by atoms with van der Waals surface area (Å²) in [4.78, 5) is 6.16. The van der Waals surface area contributed by atoms with Crippen LogP contribution in [-0.4, -0.2) is 18.2 Å². The number of rotatable bonds is 3. The summed E-state index contributed by atoms with van der Waals surface area (Å²) in [6.07, 6.45) is 6.53. The fraction of sp³-hybridized carbons (Fsp3) is 0.444. The summed E-state index contributed by atoms with van der Waals surface area (Å²) >= 11 is 0. The van der Waals surface area contributed by atoms with Crippen molar-refractivity contribution in [2.24, 2.45) is 0 Å². The minimum absolute atomic E-state index is 0.559. The van der Waals surface area contributed by atoms with Gasteiger partial charge in [0.15, 0.2) is 5.75 Å². The Morgan fingerprint density at radius 3 is 2.45 bits per heavy atom. The predicted octanol–water partition coefficient (Wildman–Crippen LogP) is 4.71. The maximum Gasteiger partial charge on any atom is 0.155 e. The van der Waals surface area contributed by atoms with Crippen LogP contribution in [0.3, 0.4) is 0 Å². The van der Waals surface area contributed by atoms with E-state index in [-0.39, 0.29) is 0 Å². The van der Waals surface area contributed by atoms with Gasteiger partial charge in [0.2, 0.25) is 0 Å². The Morgan fingerprint density at radius 2 is 1.65 bits per heavy atom. The minimum Gasteiger partial charge on any atom is -0.405 e. The van der Waals surface area contributed by atoms with Gasteiger partial charge in [-0.05, 0) is 36.8 Å². The highest BCUT2D eigenvalue weighted by Crippen LogP contribution is 2.29. The molecule has 0 radical (unpaired) electrons. The molecule has 0 amide bonds. The summed E-state index contributed by atoms with van der Waals surface area (Å²) in [5.74, 6) is 0.972. The van der Waals surface area contributed by atoms with Gasteiger partial charge in [-0.3, -0.25) is 0 Å². The average molecular weight is 269 g/mol. The fourth-order valence-corrected chi connectivity index (χ4v) is 3.19. The lowest BCUT2D eigenvalue weighted by molar-refractivity contribution is -0.0793. The summed E-state index contributed by atoms with van der Waals surface area (Å²) in [5.41, 5.74) is 1.30. The molecular weight excluding hydrogens is 246 g/mol. The molecule has 0 saturated heterocycles. The first-order valence-electron chi connectivity index (χ1n) is 7.65. The largest absolute Gasteiger partial charge is 0.405 e. The van der Waals surface area contributed by atoms with Crippen molar-refractivity contribution in [3.05, 3.63) is 42.0 Å². The van der Waals surface area contributed by atoms with Crippen LogP contribution in [0.15, 0.2) is 36.4 Å². The maximum atomic E-state index is 6.16. The van der Waals surface area contributed by atoms with Gasteiger partial charge in [-0.1, -0.05) is 49.6 Å². The topological polar surface area (TPSA) is 12.5 Å². The van der Waals surface area contributed by atoms with Gasteiger partial charge >= 0.3 is 0 Å². The third-order valence-electron chi connectivity index (χ3n) is 4.43. The Labute approximate surface area is 121 Å². The zero-order valence-corrected chi connectivity index (χ0v) is 12.4. The Bertz CT molecular complexity index is 587. The van der Waals surface area contributed by atoms with Crippen LogP contribution in [0.1, 0.15) is 37.7 Å². The van der Waals surface area contributed by atoms with Crippen LogP contribution < -0.4 is 4.84 Å². The smallest absolute Gasteiger partial charge is 0.155 e. The molecule has 0 heterocycles. The van der Waals surface area contributed by atoms with Crippen molar-refractivity contribution in [2.45, 2.75) is 45.1 Å². The Balaban J connectivity index is 1.85. The zero-order chi connectivity index (χ0) is 13.9. The molecular formula is C18H23NO. The lowest BCUT2D eigenvalue weighted by atomic mass is 9.95. The molecule has 1 aliphatic rings. The average Bonchev–Trinajstić information content (AvgIpc) is 2.49. The van der Waals surface area contributed by atoms with E-state index in [2.05, 4.69) is 55.4 Å². The van der Waals surface area contributed by atoms with Crippen LogP contribution in [0.4, 0.5) is 0 Å². The first-order chi connectivity index (χ1) is 9.75. The van der Waals surface area contributed by atoms with Gasteiger partial charge in [0.25, 0.3) is 0 Å². The molecule has 1 saturated carbocycles. The van der Waals surface area contributed by atoms with Gasteiger partial charge in [0.05, 0.1) is 0 Å². The van der Waals surface area contributed by atoms with Crippen molar-refractivity contribution < 1.29 is 4.84 Å². The highest BCUT2D eigenvalue weighted by atomic mass is 16.7. The molecule has 0 bridgehead atoms. The summed E-state index contributed by atoms with van der Waals surface area (Å²) in [6, 6.07) is 13.3. The second-order valence-electron chi connectivity index (χ2n) is 5.86. The van der Waals surface area contributed by atoms with Gasteiger partial charge in [0, 0.05) is 18.5 Å². The molecule has 3 rings (SSSR count). The Hall–Kier alpha value is -1.54. The molecule has 0 aromatic heterocycles. The van der Waals surface area contributed by atoms with Crippen LogP contribution >= 0.6 is 0 Å². The number of nitrogens with zero attached hydrogens (tertiary/aromatic N) is 1. The SMILES string of the molecule is Cc1cccc2c(ON(C)C3CCCCC3)cccc12. The van der Waals surface area contributed by atoms with E-state index in [1.807, 2.05) is 0 Å². The number of fused-ring (bicyclic) bond motifs is 1. The predicted molar refractivity (Wildman–Crippen MR) is 83.9 cm³/mol. The van der Waals surface area contributed by atoms with Gasteiger partial charge < -0.3 is 4.84 Å². The van der Waals surface area contributed by atoms with Gasteiger partial charge in [-0.15, -0.1) is 5.06 Å². The minimum atomic E-state index is 0.559. The van der Waals surface area contributed by atoms with Crippen molar-refractivity contribution >= 4 is 10.8 Å². The van der Waals surface area contributed by atoms with Crippen molar-refractivity contribution in [3.63, 3.8) is 0 Å². The molecule has 0 unspecified atom stereocenters.